The molecule has 3 aromatic rings. The van der Waals surface area contributed by atoms with Gasteiger partial charge >= 0.3 is 0 Å². The highest BCUT2D eigenvalue weighted by atomic mass is 79.9. The average Bonchev–Trinajstić information content (AvgIpc) is 3.32. The Bertz CT molecular complexity index is 1100. The van der Waals surface area contributed by atoms with Crippen LogP contribution < -0.4 is 10.6 Å². The van der Waals surface area contributed by atoms with Gasteiger partial charge in [-0.3, -0.25) is 9.78 Å². The number of nitrogens with one attached hydrogen (secondary N) is 2. The molecule has 4 rings (SSSR count). The third-order valence-corrected chi connectivity index (χ3v) is 7.44. The molecular weight excluding hydrogens is 492 g/mol. The maximum absolute atomic E-state index is 12.7. The van der Waals surface area contributed by atoms with Gasteiger partial charge in [0.2, 0.25) is 5.91 Å². The number of benzene rings is 1. The first-order chi connectivity index (χ1) is 14.9. The second-order valence-electron chi connectivity index (χ2n) is 7.60. The molecule has 2 aromatic heterocycles. The van der Waals surface area contributed by atoms with Crippen LogP contribution in [0.15, 0.2) is 58.5 Å². The molecule has 0 bridgehead atoms. The van der Waals surface area contributed by atoms with Crippen LogP contribution in [0.25, 0.3) is 0 Å². The summed E-state index contributed by atoms with van der Waals surface area (Å²) in [6, 6.07) is 14.0. The van der Waals surface area contributed by atoms with Crippen LogP contribution in [0.2, 0.25) is 0 Å². The van der Waals surface area contributed by atoms with Gasteiger partial charge in [-0.2, -0.15) is 0 Å². The van der Waals surface area contributed by atoms with Crippen LogP contribution in [0.4, 0.5) is 5.69 Å². The lowest BCUT2D eigenvalue weighted by atomic mass is 10.0. The molecule has 5 nitrogen and oxygen atoms in total. The van der Waals surface area contributed by atoms with Crippen LogP contribution in [-0.4, -0.2) is 27.4 Å². The summed E-state index contributed by atoms with van der Waals surface area (Å²) in [5.41, 5.74) is 3.96. The number of carbonyl (C=O) groups is 1. The lowest BCUT2D eigenvalue weighted by molar-refractivity contribution is -0.116. The van der Waals surface area contributed by atoms with E-state index in [-0.39, 0.29) is 18.0 Å². The van der Waals surface area contributed by atoms with Crippen molar-refractivity contribution >= 4 is 56.2 Å². The summed E-state index contributed by atoms with van der Waals surface area (Å²) in [5.74, 6) is -0.0242. The van der Waals surface area contributed by atoms with E-state index in [1.165, 1.54) is 4.88 Å². The van der Waals surface area contributed by atoms with Gasteiger partial charge in [0.25, 0.3) is 0 Å². The number of hydrogen-bond donors (Lipinski definition) is 2. The zero-order valence-corrected chi connectivity index (χ0v) is 20.5. The zero-order chi connectivity index (χ0) is 22.0. The van der Waals surface area contributed by atoms with E-state index in [9.17, 15) is 4.79 Å². The number of halogens is 1. The molecule has 0 spiro atoms. The largest absolute Gasteiger partial charge is 0.352 e. The molecule has 160 valence electrons. The molecule has 1 aliphatic heterocycles. The van der Waals surface area contributed by atoms with Crippen molar-refractivity contribution in [2.45, 2.75) is 32.4 Å². The van der Waals surface area contributed by atoms with E-state index in [2.05, 4.69) is 47.9 Å². The number of thiocarbonyl (C=S) groups is 1. The molecule has 1 aromatic carbocycles. The summed E-state index contributed by atoms with van der Waals surface area (Å²) in [5, 5.41) is 9.18. The zero-order valence-electron chi connectivity index (χ0n) is 17.3. The number of amides is 1. The molecule has 8 heteroatoms. The lowest BCUT2D eigenvalue weighted by Crippen LogP contribution is -2.32. The van der Waals surface area contributed by atoms with Crippen LogP contribution in [0.1, 0.15) is 40.2 Å². The van der Waals surface area contributed by atoms with Gasteiger partial charge in [0, 0.05) is 39.6 Å². The van der Waals surface area contributed by atoms with Crippen LogP contribution in [0.5, 0.6) is 0 Å². The molecule has 3 heterocycles. The van der Waals surface area contributed by atoms with E-state index in [1.54, 1.807) is 17.5 Å². The Morgan fingerprint density at radius 3 is 2.84 bits per heavy atom. The van der Waals surface area contributed by atoms with E-state index < -0.39 is 0 Å². The summed E-state index contributed by atoms with van der Waals surface area (Å²) < 4.78 is 1.04. The first-order valence-corrected chi connectivity index (χ1v) is 12.1. The van der Waals surface area contributed by atoms with Crippen molar-refractivity contribution in [3.05, 3.63) is 80.2 Å². The van der Waals surface area contributed by atoms with Gasteiger partial charge in [-0.25, -0.2) is 0 Å². The number of thiophene rings is 1. The SMILES string of the molecule is Cc1ccc(C)c(NC(=O)CCN2C(=S)N[C@@H](c3ccccn3)[C@H]2c2cc(Br)cs2)c1. The van der Waals surface area contributed by atoms with Crippen molar-refractivity contribution in [2.24, 2.45) is 0 Å². The van der Waals surface area contributed by atoms with Crippen molar-refractivity contribution in [3.63, 3.8) is 0 Å². The Morgan fingerprint density at radius 2 is 2.13 bits per heavy atom. The number of aromatic nitrogens is 1. The molecule has 1 fully saturated rings. The highest BCUT2D eigenvalue weighted by Crippen LogP contribution is 2.41. The second kappa shape index (κ2) is 9.46. The Balaban J connectivity index is 1.52. The van der Waals surface area contributed by atoms with Crippen molar-refractivity contribution in [3.8, 4) is 0 Å². The van der Waals surface area contributed by atoms with Crippen LogP contribution in [0.3, 0.4) is 0 Å². The normalized spacial score (nSPS) is 18.2. The maximum atomic E-state index is 12.7. The first kappa shape index (κ1) is 21.9. The summed E-state index contributed by atoms with van der Waals surface area (Å²) in [4.78, 5) is 20.5. The summed E-state index contributed by atoms with van der Waals surface area (Å²) >= 11 is 10.9. The fraction of sp³-hybridized carbons (Fsp3) is 0.261. The maximum Gasteiger partial charge on any atom is 0.226 e. The van der Waals surface area contributed by atoms with Crippen LogP contribution in [0, 0.1) is 13.8 Å². The second-order valence-corrected chi connectivity index (χ2v) is 9.85. The summed E-state index contributed by atoms with van der Waals surface area (Å²) in [6.45, 7) is 4.54. The first-order valence-electron chi connectivity index (χ1n) is 10.0. The van der Waals surface area contributed by atoms with Crippen molar-refractivity contribution in [1.82, 2.24) is 15.2 Å². The molecular formula is C23H23BrN4OS2. The monoisotopic (exact) mass is 514 g/mol. The van der Waals surface area contributed by atoms with Gasteiger partial charge in [0.15, 0.2) is 5.11 Å². The van der Waals surface area contributed by atoms with Crippen molar-refractivity contribution in [2.75, 3.05) is 11.9 Å². The molecule has 0 saturated carbocycles. The van der Waals surface area contributed by atoms with Gasteiger partial charge in [0.05, 0.1) is 17.8 Å². The Kier molecular flexibility index (Phi) is 6.69. The molecule has 1 aliphatic rings. The van der Waals surface area contributed by atoms with E-state index in [1.807, 2.05) is 50.2 Å². The number of nitrogens with zero attached hydrogens (tertiary/aromatic N) is 2. The quantitative estimate of drug-likeness (QED) is 0.424. The topological polar surface area (TPSA) is 57.3 Å². The molecule has 31 heavy (non-hydrogen) atoms. The molecule has 0 radical (unpaired) electrons. The number of anilines is 1. The third-order valence-electron chi connectivity index (χ3n) is 5.32. The third kappa shape index (κ3) is 4.97. The average molecular weight is 516 g/mol. The number of hydrogen-bond acceptors (Lipinski definition) is 4. The van der Waals surface area contributed by atoms with Gasteiger partial charge in [-0.15, -0.1) is 11.3 Å². The molecule has 0 unspecified atom stereocenters. The van der Waals surface area contributed by atoms with E-state index in [0.717, 1.165) is 27.0 Å². The fourth-order valence-electron chi connectivity index (χ4n) is 3.74. The van der Waals surface area contributed by atoms with Crippen LogP contribution in [-0.2, 0) is 4.79 Å². The van der Waals surface area contributed by atoms with Gasteiger partial charge in [-0.05, 0) is 77.4 Å². The number of aryl methyl sites for hydroxylation is 2. The number of carbonyl (C=O) groups excluding carboxylic acids is 1. The predicted octanol–water partition coefficient (Wildman–Crippen LogP) is 5.52. The minimum atomic E-state index is -0.0682. The number of rotatable bonds is 6. The molecule has 2 N–H and O–H groups in total. The highest BCUT2D eigenvalue weighted by Gasteiger charge is 2.40. The molecule has 0 aliphatic carbocycles. The number of pyridine rings is 1. The summed E-state index contributed by atoms with van der Waals surface area (Å²) in [7, 11) is 0. The molecule has 1 saturated heterocycles. The van der Waals surface area contributed by atoms with Crippen molar-refractivity contribution < 1.29 is 4.79 Å². The standard InChI is InChI=1S/C23H23BrN4OS2/c1-14-6-7-15(2)18(11-14)26-20(29)8-10-28-22(19-12-16(24)13-31-19)21(27-23(28)30)17-5-3-4-9-25-17/h3-7,9,11-13,21-22H,8,10H2,1-2H3,(H,26,29)(H,27,30)/t21-,22+/m0/s1. The van der Waals surface area contributed by atoms with Crippen molar-refractivity contribution in [1.29, 1.82) is 0 Å². The van der Waals surface area contributed by atoms with Crippen LogP contribution >= 0.6 is 39.5 Å². The minimum Gasteiger partial charge on any atom is -0.352 e. The van der Waals surface area contributed by atoms with Gasteiger partial charge in [-0.1, -0.05) is 18.2 Å². The van der Waals surface area contributed by atoms with E-state index in [0.29, 0.717) is 18.1 Å². The Labute approximate surface area is 200 Å². The highest BCUT2D eigenvalue weighted by molar-refractivity contribution is 9.10. The van der Waals surface area contributed by atoms with Gasteiger partial charge in [0.1, 0.15) is 0 Å². The van der Waals surface area contributed by atoms with E-state index in [4.69, 9.17) is 12.2 Å². The molecule has 2 atom stereocenters. The predicted molar refractivity (Wildman–Crippen MR) is 133 cm³/mol. The molecule has 1 amide bonds. The smallest absolute Gasteiger partial charge is 0.226 e. The minimum absolute atomic E-state index is 0.0211. The van der Waals surface area contributed by atoms with E-state index >= 15 is 0 Å². The fourth-order valence-corrected chi connectivity index (χ4v) is 5.67. The van der Waals surface area contributed by atoms with Gasteiger partial charge < -0.3 is 15.5 Å². The lowest BCUT2D eigenvalue weighted by Gasteiger charge is -2.26. The summed E-state index contributed by atoms with van der Waals surface area (Å²) in [6.07, 6.45) is 2.13. The Morgan fingerprint density at radius 1 is 1.29 bits per heavy atom. The Hall–Kier alpha value is -2.29.